The molecule has 0 bridgehead atoms. The first kappa shape index (κ1) is 15.8. The van der Waals surface area contributed by atoms with E-state index in [0.717, 1.165) is 5.69 Å². The summed E-state index contributed by atoms with van der Waals surface area (Å²) in [5.74, 6) is 0. The molecule has 0 aliphatic heterocycles. The van der Waals surface area contributed by atoms with Crippen LogP contribution in [0.1, 0.15) is 5.69 Å². The van der Waals surface area contributed by atoms with Gasteiger partial charge < -0.3 is 5.73 Å². The molecule has 0 fully saturated rings. The smallest absolute Gasteiger partial charge is 0.242 e. The zero-order valence-electron chi connectivity index (χ0n) is 11.5. The largest absolute Gasteiger partial charge is 0.398 e. The van der Waals surface area contributed by atoms with E-state index in [-0.39, 0.29) is 9.92 Å². The molecular weight excluding hydrogens is 310 g/mol. The Labute approximate surface area is 129 Å². The van der Waals surface area contributed by atoms with E-state index in [0.29, 0.717) is 18.7 Å². The molecule has 1 aromatic heterocycles. The van der Waals surface area contributed by atoms with Crippen LogP contribution in [0.2, 0.25) is 5.02 Å². The van der Waals surface area contributed by atoms with Crippen LogP contribution in [0.3, 0.4) is 0 Å². The highest BCUT2D eigenvalue weighted by Gasteiger charge is 2.21. The molecular formula is C14H16ClN3O2S. The Morgan fingerprint density at radius 2 is 2.05 bits per heavy atom. The van der Waals surface area contributed by atoms with Crippen molar-refractivity contribution in [3.05, 3.63) is 53.3 Å². The fraction of sp³-hybridized carbons (Fsp3) is 0.214. The van der Waals surface area contributed by atoms with Crippen molar-refractivity contribution < 1.29 is 8.42 Å². The third-order valence-electron chi connectivity index (χ3n) is 3.09. The predicted molar refractivity (Wildman–Crippen MR) is 83.6 cm³/mol. The van der Waals surface area contributed by atoms with Gasteiger partial charge in [0.05, 0.1) is 15.6 Å². The second kappa shape index (κ2) is 6.43. The van der Waals surface area contributed by atoms with Gasteiger partial charge in [-0.05, 0) is 30.3 Å². The molecule has 0 saturated carbocycles. The van der Waals surface area contributed by atoms with Gasteiger partial charge in [-0.15, -0.1) is 0 Å². The monoisotopic (exact) mass is 325 g/mol. The molecule has 1 heterocycles. The first-order chi connectivity index (χ1) is 9.91. The van der Waals surface area contributed by atoms with Gasteiger partial charge in [0, 0.05) is 31.9 Å². The molecule has 0 amide bonds. The van der Waals surface area contributed by atoms with Crippen molar-refractivity contribution in [3.8, 4) is 0 Å². The predicted octanol–water partition coefficient (Wildman–Crippen LogP) is 2.18. The summed E-state index contributed by atoms with van der Waals surface area (Å²) in [4.78, 5) is 4.30. The van der Waals surface area contributed by atoms with Gasteiger partial charge in [0.25, 0.3) is 0 Å². The minimum absolute atomic E-state index is 0.130. The van der Waals surface area contributed by atoms with E-state index in [4.69, 9.17) is 17.3 Å². The summed E-state index contributed by atoms with van der Waals surface area (Å²) in [5, 5.41) is 0.231. The molecule has 2 rings (SSSR count). The zero-order valence-corrected chi connectivity index (χ0v) is 13.1. The molecule has 112 valence electrons. The normalized spacial score (nSPS) is 11.8. The SMILES string of the molecule is CN(CCc1ccccn1)S(=O)(=O)c1ccc(N)c(Cl)c1. The highest BCUT2D eigenvalue weighted by Crippen LogP contribution is 2.24. The van der Waals surface area contributed by atoms with Crippen molar-refractivity contribution in [2.75, 3.05) is 19.3 Å². The highest BCUT2D eigenvalue weighted by molar-refractivity contribution is 7.89. The van der Waals surface area contributed by atoms with Gasteiger partial charge in [-0.1, -0.05) is 17.7 Å². The molecule has 7 heteroatoms. The number of nitrogens with zero attached hydrogens (tertiary/aromatic N) is 2. The standard InChI is InChI=1S/C14H16ClN3O2S/c1-18(9-7-11-4-2-3-8-17-11)21(19,20)12-5-6-14(16)13(15)10-12/h2-6,8,10H,7,9,16H2,1H3. The number of hydrogen-bond acceptors (Lipinski definition) is 4. The number of hydrogen-bond donors (Lipinski definition) is 1. The first-order valence-corrected chi connectivity index (χ1v) is 8.14. The molecule has 0 atom stereocenters. The van der Waals surface area contributed by atoms with Gasteiger partial charge >= 0.3 is 0 Å². The zero-order chi connectivity index (χ0) is 15.5. The second-order valence-corrected chi connectivity index (χ2v) is 7.03. The average Bonchev–Trinajstić information content (AvgIpc) is 2.48. The molecule has 2 aromatic rings. The number of aromatic nitrogens is 1. The van der Waals surface area contributed by atoms with E-state index in [2.05, 4.69) is 4.98 Å². The van der Waals surface area contributed by atoms with Crippen molar-refractivity contribution in [1.82, 2.24) is 9.29 Å². The number of nitrogens with two attached hydrogens (primary N) is 1. The second-order valence-electron chi connectivity index (χ2n) is 4.58. The van der Waals surface area contributed by atoms with Crippen molar-refractivity contribution in [3.63, 3.8) is 0 Å². The van der Waals surface area contributed by atoms with E-state index in [9.17, 15) is 8.42 Å². The topological polar surface area (TPSA) is 76.3 Å². The Morgan fingerprint density at radius 1 is 1.29 bits per heavy atom. The van der Waals surface area contributed by atoms with Crippen LogP contribution in [-0.2, 0) is 16.4 Å². The van der Waals surface area contributed by atoms with Crippen molar-refractivity contribution in [2.24, 2.45) is 0 Å². The Balaban J connectivity index is 2.13. The maximum absolute atomic E-state index is 12.4. The lowest BCUT2D eigenvalue weighted by molar-refractivity contribution is 0.471. The third kappa shape index (κ3) is 3.72. The molecule has 0 aliphatic carbocycles. The molecule has 0 saturated heterocycles. The Kier molecular flexibility index (Phi) is 4.82. The quantitative estimate of drug-likeness (QED) is 0.855. The van der Waals surface area contributed by atoms with Crippen LogP contribution in [0.4, 0.5) is 5.69 Å². The molecule has 0 spiro atoms. The number of nitrogen functional groups attached to an aromatic ring is 1. The van der Waals surface area contributed by atoms with E-state index in [1.54, 1.807) is 6.20 Å². The summed E-state index contributed by atoms with van der Waals surface area (Å²) in [5.41, 5.74) is 6.79. The molecule has 1 aromatic carbocycles. The molecule has 0 aliphatic rings. The van der Waals surface area contributed by atoms with Crippen LogP contribution in [-0.4, -0.2) is 31.3 Å². The number of benzene rings is 1. The van der Waals surface area contributed by atoms with Crippen molar-refractivity contribution in [2.45, 2.75) is 11.3 Å². The third-order valence-corrected chi connectivity index (χ3v) is 5.27. The molecule has 21 heavy (non-hydrogen) atoms. The minimum Gasteiger partial charge on any atom is -0.398 e. The van der Waals surface area contributed by atoms with Crippen LogP contribution >= 0.6 is 11.6 Å². The minimum atomic E-state index is -3.58. The summed E-state index contributed by atoms with van der Waals surface area (Å²) < 4.78 is 26.1. The first-order valence-electron chi connectivity index (χ1n) is 6.32. The number of anilines is 1. The fourth-order valence-corrected chi connectivity index (χ4v) is 3.23. The Bertz CT molecular complexity index is 720. The van der Waals surface area contributed by atoms with Crippen LogP contribution in [0.15, 0.2) is 47.5 Å². The Hall–Kier alpha value is -1.63. The van der Waals surface area contributed by atoms with Crippen LogP contribution in [0.25, 0.3) is 0 Å². The van der Waals surface area contributed by atoms with Gasteiger partial charge in [-0.3, -0.25) is 4.98 Å². The van der Waals surface area contributed by atoms with Crippen LogP contribution in [0.5, 0.6) is 0 Å². The van der Waals surface area contributed by atoms with Gasteiger partial charge in [-0.2, -0.15) is 0 Å². The lowest BCUT2D eigenvalue weighted by Gasteiger charge is -2.17. The van der Waals surface area contributed by atoms with Crippen molar-refractivity contribution >= 4 is 27.3 Å². The maximum Gasteiger partial charge on any atom is 0.242 e. The summed E-state index contributed by atoms with van der Waals surface area (Å²) >= 11 is 5.88. The van der Waals surface area contributed by atoms with E-state index in [1.807, 2.05) is 18.2 Å². The fourth-order valence-electron chi connectivity index (χ4n) is 1.79. The lowest BCUT2D eigenvalue weighted by Crippen LogP contribution is -2.29. The van der Waals surface area contributed by atoms with Gasteiger partial charge in [-0.25, -0.2) is 12.7 Å². The summed E-state index contributed by atoms with van der Waals surface area (Å²) in [6, 6.07) is 9.86. The number of sulfonamides is 1. The maximum atomic E-state index is 12.4. The van der Waals surface area contributed by atoms with Gasteiger partial charge in [0.15, 0.2) is 0 Å². The molecule has 2 N–H and O–H groups in total. The summed E-state index contributed by atoms with van der Waals surface area (Å²) in [6.07, 6.45) is 2.23. The van der Waals surface area contributed by atoms with Crippen molar-refractivity contribution in [1.29, 1.82) is 0 Å². The summed E-state index contributed by atoms with van der Waals surface area (Å²) in [6.45, 7) is 0.335. The molecule has 5 nitrogen and oxygen atoms in total. The van der Waals surface area contributed by atoms with E-state index < -0.39 is 10.0 Å². The number of likely N-dealkylation sites (N-methyl/N-ethyl adjacent to an activating group) is 1. The lowest BCUT2D eigenvalue weighted by atomic mass is 10.3. The highest BCUT2D eigenvalue weighted by atomic mass is 35.5. The van der Waals surface area contributed by atoms with E-state index in [1.165, 1.54) is 29.6 Å². The van der Waals surface area contributed by atoms with Gasteiger partial charge in [0.2, 0.25) is 10.0 Å². The molecule has 0 unspecified atom stereocenters. The van der Waals surface area contributed by atoms with Crippen LogP contribution < -0.4 is 5.73 Å². The number of halogens is 1. The van der Waals surface area contributed by atoms with Crippen LogP contribution in [0, 0.1) is 0 Å². The number of pyridine rings is 1. The molecule has 0 radical (unpaired) electrons. The van der Waals surface area contributed by atoms with Gasteiger partial charge in [0.1, 0.15) is 0 Å². The number of rotatable bonds is 5. The van der Waals surface area contributed by atoms with E-state index >= 15 is 0 Å². The Morgan fingerprint density at radius 3 is 2.67 bits per heavy atom. The summed E-state index contributed by atoms with van der Waals surface area (Å²) in [7, 11) is -2.05. The average molecular weight is 326 g/mol.